The van der Waals surface area contributed by atoms with E-state index in [9.17, 15) is 9.18 Å². The van der Waals surface area contributed by atoms with E-state index in [1.54, 1.807) is 13.0 Å². The number of rotatable bonds is 4. The smallest absolute Gasteiger partial charge is 0.239 e. The number of amides is 1. The van der Waals surface area contributed by atoms with Crippen LogP contribution >= 0.6 is 11.6 Å². The van der Waals surface area contributed by atoms with Gasteiger partial charge in [-0.15, -0.1) is 0 Å². The number of nitrogens with two attached hydrogens (primary N) is 1. The second-order valence-corrected chi connectivity index (χ2v) is 3.51. The lowest BCUT2D eigenvalue weighted by molar-refractivity contribution is -0.118. The third-order valence-corrected chi connectivity index (χ3v) is 2.35. The Balaban J connectivity index is 2.92. The molecule has 0 saturated heterocycles. The van der Waals surface area contributed by atoms with Gasteiger partial charge < -0.3 is 11.1 Å². The third kappa shape index (κ3) is 2.83. The molecule has 0 bridgehead atoms. The number of para-hydroxylation sites is 1. The first-order valence-electron chi connectivity index (χ1n) is 4.56. The second-order valence-electron chi connectivity index (χ2n) is 3.10. The SMILES string of the molecule is CCC(Nc1c(F)cccc1Cl)C(N)=O. The van der Waals surface area contributed by atoms with Crippen molar-refractivity contribution in [1.82, 2.24) is 0 Å². The van der Waals surface area contributed by atoms with E-state index >= 15 is 0 Å². The lowest BCUT2D eigenvalue weighted by Crippen LogP contribution is -2.35. The third-order valence-electron chi connectivity index (χ3n) is 2.03. The van der Waals surface area contributed by atoms with Crippen molar-refractivity contribution >= 4 is 23.2 Å². The van der Waals surface area contributed by atoms with Crippen LogP contribution in [-0.4, -0.2) is 11.9 Å². The molecule has 0 aromatic heterocycles. The highest BCUT2D eigenvalue weighted by Crippen LogP contribution is 2.25. The van der Waals surface area contributed by atoms with Gasteiger partial charge in [0.05, 0.1) is 10.7 Å². The van der Waals surface area contributed by atoms with E-state index in [-0.39, 0.29) is 10.7 Å². The van der Waals surface area contributed by atoms with Gasteiger partial charge in [-0.05, 0) is 18.6 Å². The van der Waals surface area contributed by atoms with Crippen molar-refractivity contribution < 1.29 is 9.18 Å². The minimum Gasteiger partial charge on any atom is -0.370 e. The van der Waals surface area contributed by atoms with E-state index in [0.29, 0.717) is 6.42 Å². The molecule has 1 atom stereocenters. The molecule has 0 heterocycles. The van der Waals surface area contributed by atoms with Gasteiger partial charge in [-0.3, -0.25) is 4.79 Å². The van der Waals surface area contributed by atoms with Gasteiger partial charge in [0.15, 0.2) is 0 Å². The average Bonchev–Trinajstić information content (AvgIpc) is 2.17. The summed E-state index contributed by atoms with van der Waals surface area (Å²) >= 11 is 5.78. The molecule has 82 valence electrons. The van der Waals surface area contributed by atoms with Crippen LogP contribution in [0.5, 0.6) is 0 Å². The first-order chi connectivity index (χ1) is 7.06. The number of nitrogens with one attached hydrogen (secondary N) is 1. The van der Waals surface area contributed by atoms with Crippen molar-refractivity contribution in [1.29, 1.82) is 0 Å². The maximum absolute atomic E-state index is 13.3. The lowest BCUT2D eigenvalue weighted by atomic mass is 10.2. The standard InChI is InChI=1S/C10H12ClFN2O/c1-2-8(10(13)15)14-9-6(11)4-3-5-7(9)12/h3-5,8,14H,2H2,1H3,(H2,13,15). The van der Waals surface area contributed by atoms with Gasteiger partial charge in [0.1, 0.15) is 11.9 Å². The molecule has 0 aliphatic carbocycles. The minimum absolute atomic E-state index is 0.116. The Hall–Kier alpha value is -1.29. The molecule has 1 unspecified atom stereocenters. The van der Waals surface area contributed by atoms with Crippen LogP contribution in [0.1, 0.15) is 13.3 Å². The maximum atomic E-state index is 13.3. The van der Waals surface area contributed by atoms with Crippen LogP contribution in [0.15, 0.2) is 18.2 Å². The lowest BCUT2D eigenvalue weighted by Gasteiger charge is -2.16. The van der Waals surface area contributed by atoms with Crippen molar-refractivity contribution in [3.63, 3.8) is 0 Å². The number of halogens is 2. The molecule has 0 radical (unpaired) electrons. The highest BCUT2D eigenvalue weighted by molar-refractivity contribution is 6.33. The fourth-order valence-electron chi connectivity index (χ4n) is 1.18. The Bertz CT molecular complexity index is 350. The van der Waals surface area contributed by atoms with E-state index in [1.165, 1.54) is 12.1 Å². The van der Waals surface area contributed by atoms with Crippen molar-refractivity contribution in [2.75, 3.05) is 5.32 Å². The van der Waals surface area contributed by atoms with Gasteiger partial charge in [-0.2, -0.15) is 0 Å². The topological polar surface area (TPSA) is 55.1 Å². The first kappa shape index (κ1) is 11.8. The van der Waals surface area contributed by atoms with Gasteiger partial charge in [-0.25, -0.2) is 4.39 Å². The zero-order valence-corrected chi connectivity index (χ0v) is 9.01. The molecule has 15 heavy (non-hydrogen) atoms. The quantitative estimate of drug-likeness (QED) is 0.833. The fourth-order valence-corrected chi connectivity index (χ4v) is 1.40. The molecule has 1 aromatic rings. The minimum atomic E-state index is -0.612. The summed E-state index contributed by atoms with van der Waals surface area (Å²) in [4.78, 5) is 11.0. The molecule has 3 nitrogen and oxygen atoms in total. The Morgan fingerprint density at radius 3 is 2.80 bits per heavy atom. The van der Waals surface area contributed by atoms with Crippen molar-refractivity contribution in [3.8, 4) is 0 Å². The Kier molecular flexibility index (Phi) is 3.91. The number of carbonyl (C=O) groups excluding carboxylic acids is 1. The van der Waals surface area contributed by atoms with Crippen LogP contribution in [0.2, 0.25) is 5.02 Å². The molecular formula is C10H12ClFN2O. The molecule has 0 fully saturated rings. The number of hydrogen-bond acceptors (Lipinski definition) is 2. The predicted octanol–water partition coefficient (Wildman–Crippen LogP) is 2.15. The van der Waals surface area contributed by atoms with Crippen LogP contribution < -0.4 is 11.1 Å². The maximum Gasteiger partial charge on any atom is 0.239 e. The summed E-state index contributed by atoms with van der Waals surface area (Å²) in [5.74, 6) is -1.03. The van der Waals surface area contributed by atoms with Gasteiger partial charge >= 0.3 is 0 Å². The fraction of sp³-hybridized carbons (Fsp3) is 0.300. The summed E-state index contributed by atoms with van der Waals surface area (Å²) in [5, 5.41) is 2.91. The summed E-state index contributed by atoms with van der Waals surface area (Å²) in [7, 11) is 0. The molecule has 0 aliphatic heterocycles. The van der Waals surface area contributed by atoms with E-state index in [2.05, 4.69) is 5.32 Å². The molecule has 1 amide bonds. The van der Waals surface area contributed by atoms with Gasteiger partial charge in [0.2, 0.25) is 5.91 Å². The van der Waals surface area contributed by atoms with Gasteiger partial charge in [0, 0.05) is 0 Å². The predicted molar refractivity (Wildman–Crippen MR) is 58.3 cm³/mol. The Labute approximate surface area is 92.4 Å². The molecule has 1 rings (SSSR count). The van der Waals surface area contributed by atoms with Crippen LogP contribution in [0.25, 0.3) is 0 Å². The highest BCUT2D eigenvalue weighted by atomic mass is 35.5. The van der Waals surface area contributed by atoms with Crippen molar-refractivity contribution in [2.45, 2.75) is 19.4 Å². The van der Waals surface area contributed by atoms with E-state index < -0.39 is 17.8 Å². The average molecular weight is 231 g/mol. The van der Waals surface area contributed by atoms with Crippen molar-refractivity contribution in [3.05, 3.63) is 29.0 Å². The first-order valence-corrected chi connectivity index (χ1v) is 4.94. The summed E-state index contributed by atoms with van der Waals surface area (Å²) in [6, 6.07) is 3.69. The second kappa shape index (κ2) is 4.98. The number of benzene rings is 1. The molecule has 5 heteroatoms. The highest BCUT2D eigenvalue weighted by Gasteiger charge is 2.16. The molecule has 0 saturated carbocycles. The van der Waals surface area contributed by atoms with E-state index in [4.69, 9.17) is 17.3 Å². The zero-order chi connectivity index (χ0) is 11.4. The molecule has 0 aliphatic rings. The van der Waals surface area contributed by atoms with Crippen LogP contribution in [0.4, 0.5) is 10.1 Å². The molecule has 0 spiro atoms. The van der Waals surface area contributed by atoms with Crippen LogP contribution in [-0.2, 0) is 4.79 Å². The summed E-state index contributed by atoms with van der Waals surface area (Å²) in [6.07, 6.45) is 0.472. The molecule has 1 aromatic carbocycles. The van der Waals surface area contributed by atoms with Gasteiger partial charge in [0.25, 0.3) is 0 Å². The molecule has 3 N–H and O–H groups in total. The Morgan fingerprint density at radius 2 is 2.33 bits per heavy atom. The van der Waals surface area contributed by atoms with E-state index in [1.807, 2.05) is 0 Å². The van der Waals surface area contributed by atoms with Crippen LogP contribution in [0.3, 0.4) is 0 Å². The van der Waals surface area contributed by atoms with Gasteiger partial charge in [-0.1, -0.05) is 24.6 Å². The zero-order valence-electron chi connectivity index (χ0n) is 8.26. The van der Waals surface area contributed by atoms with Crippen LogP contribution in [0, 0.1) is 5.82 Å². The number of anilines is 1. The number of carbonyl (C=O) groups is 1. The number of hydrogen-bond donors (Lipinski definition) is 2. The summed E-state index contributed by atoms with van der Waals surface area (Å²) in [5.41, 5.74) is 5.24. The monoisotopic (exact) mass is 230 g/mol. The van der Waals surface area contributed by atoms with Crippen molar-refractivity contribution in [2.24, 2.45) is 5.73 Å². The largest absolute Gasteiger partial charge is 0.370 e. The normalized spacial score (nSPS) is 12.2. The van der Waals surface area contributed by atoms with E-state index in [0.717, 1.165) is 0 Å². The summed E-state index contributed by atoms with van der Waals surface area (Å²) < 4.78 is 13.3. The summed E-state index contributed by atoms with van der Waals surface area (Å²) in [6.45, 7) is 1.77. The number of primary amides is 1. The molecular weight excluding hydrogens is 219 g/mol. The Morgan fingerprint density at radius 1 is 1.67 bits per heavy atom.